The van der Waals surface area contributed by atoms with Crippen molar-refractivity contribution in [3.8, 4) is 11.3 Å². The lowest BCUT2D eigenvalue weighted by atomic mass is 10.0. The third-order valence-electron chi connectivity index (χ3n) is 4.85. The molecule has 7 nitrogen and oxygen atoms in total. The minimum absolute atomic E-state index is 0.0400. The van der Waals surface area contributed by atoms with Gasteiger partial charge in [0.25, 0.3) is 0 Å². The predicted molar refractivity (Wildman–Crippen MR) is 120 cm³/mol. The second-order valence-corrected chi connectivity index (χ2v) is 6.94. The van der Waals surface area contributed by atoms with E-state index in [2.05, 4.69) is 20.2 Å². The summed E-state index contributed by atoms with van der Waals surface area (Å²) in [5.41, 5.74) is 2.66. The number of pyridine rings is 1. The lowest BCUT2D eigenvalue weighted by Crippen LogP contribution is -2.30. The molecule has 7 heteroatoms. The largest absolute Gasteiger partial charge is 0.357 e. The Morgan fingerprint density at radius 1 is 1.10 bits per heavy atom. The summed E-state index contributed by atoms with van der Waals surface area (Å²) in [7, 11) is 1.86. The van der Waals surface area contributed by atoms with Crippen molar-refractivity contribution < 1.29 is 18.5 Å². The number of nitrogens with zero attached hydrogens (tertiary/aromatic N) is 6. The quantitative estimate of drug-likeness (QED) is 0.455. The molecule has 0 bridgehead atoms. The van der Waals surface area contributed by atoms with E-state index in [0.29, 0.717) is 11.2 Å². The van der Waals surface area contributed by atoms with Gasteiger partial charge in [0.05, 0.1) is 35.8 Å². The fourth-order valence-electron chi connectivity index (χ4n) is 3.29. The molecule has 1 saturated heterocycles. The minimum Gasteiger partial charge on any atom is -0.357 e. The molecule has 1 aliphatic heterocycles. The second-order valence-electron chi connectivity index (χ2n) is 6.94. The second kappa shape index (κ2) is 8.26. The van der Waals surface area contributed by atoms with E-state index in [9.17, 15) is 4.79 Å². The van der Waals surface area contributed by atoms with Crippen LogP contribution in [0, 0.1) is 0 Å². The fourth-order valence-corrected chi connectivity index (χ4v) is 3.29. The Bertz CT molecular complexity index is 1640. The zero-order valence-electron chi connectivity index (χ0n) is 26.5. The highest BCUT2D eigenvalue weighted by molar-refractivity contribution is 5.98. The van der Waals surface area contributed by atoms with Crippen molar-refractivity contribution in [2.24, 2.45) is 7.05 Å². The molecular formula is C24H24N6O. The fraction of sp³-hybridized carbons (Fsp3) is 0.292. The summed E-state index contributed by atoms with van der Waals surface area (Å²) >= 11 is 0. The number of aryl methyl sites for hydroxylation is 1. The van der Waals surface area contributed by atoms with Crippen molar-refractivity contribution >= 4 is 22.5 Å². The Hall–Kier alpha value is -3.61. The summed E-state index contributed by atoms with van der Waals surface area (Å²) in [6.45, 7) is -6.79. The van der Waals surface area contributed by atoms with Gasteiger partial charge in [-0.25, -0.2) is 9.97 Å². The van der Waals surface area contributed by atoms with Gasteiger partial charge in [0.2, 0.25) is 0 Å². The molecule has 4 aromatic rings. The van der Waals surface area contributed by atoms with Crippen LogP contribution in [0.25, 0.3) is 22.2 Å². The predicted octanol–water partition coefficient (Wildman–Crippen LogP) is 3.84. The monoisotopic (exact) mass is 422 g/mol. The molecule has 1 aromatic carbocycles. The summed E-state index contributed by atoms with van der Waals surface area (Å²) < 4.78 is 83.7. The maximum atomic E-state index is 13.2. The first kappa shape index (κ1) is 11.1. The number of fused-ring (bicyclic) bond motifs is 1. The highest BCUT2D eigenvalue weighted by atomic mass is 16.1. The van der Waals surface area contributed by atoms with E-state index in [4.69, 9.17) is 13.7 Å². The number of carbonyl (C=O) groups excluding carboxylic acids is 1. The van der Waals surface area contributed by atoms with Crippen LogP contribution in [0.15, 0.2) is 55.1 Å². The van der Waals surface area contributed by atoms with Crippen LogP contribution in [-0.4, -0.2) is 43.5 Å². The molecular weight excluding hydrogens is 388 g/mol. The normalized spacial score (nSPS) is 27.1. The third-order valence-corrected chi connectivity index (χ3v) is 4.85. The van der Waals surface area contributed by atoms with Crippen LogP contribution < -0.4 is 4.90 Å². The van der Waals surface area contributed by atoms with Gasteiger partial charge in [0.15, 0.2) is 5.78 Å². The van der Waals surface area contributed by atoms with Crippen LogP contribution in [0.2, 0.25) is 0 Å². The van der Waals surface area contributed by atoms with Gasteiger partial charge in [-0.2, -0.15) is 10.2 Å². The molecule has 156 valence electrons. The van der Waals surface area contributed by atoms with Gasteiger partial charge in [-0.15, -0.1) is 0 Å². The van der Waals surface area contributed by atoms with E-state index >= 15 is 0 Å². The van der Waals surface area contributed by atoms with E-state index in [1.54, 1.807) is 24.7 Å². The van der Waals surface area contributed by atoms with Crippen LogP contribution in [0.4, 0.5) is 5.82 Å². The SMILES string of the molecule is [2H]C1([2H])N(c2cc(C(=O)Cc3cc4cc(-c5cncn5C)ccc4nn3)ccn2)C([2H])([2H])C([2H])([2H])C([2H])([2H])C1([2H])[2H]. The van der Waals surface area contributed by atoms with E-state index in [1.165, 1.54) is 6.07 Å². The lowest BCUT2D eigenvalue weighted by Gasteiger charge is -2.27. The Labute approximate surface area is 194 Å². The number of piperidine rings is 1. The van der Waals surface area contributed by atoms with Crippen molar-refractivity contribution in [3.05, 3.63) is 66.4 Å². The molecule has 0 N–H and O–H groups in total. The standard InChI is InChI=1S/C24H24N6O/c1-29-16-25-15-22(29)17-5-6-21-19(11-17)12-20(27-28-21)14-23(31)18-7-8-26-24(13-18)30-9-3-2-4-10-30/h5-8,11-13,15-16H,2-4,9-10,14H2,1H3/i2D2,3D2,4D2,9D2,10D2. The maximum absolute atomic E-state index is 13.2. The highest BCUT2D eigenvalue weighted by Crippen LogP contribution is 2.24. The van der Waals surface area contributed by atoms with Gasteiger partial charge < -0.3 is 9.47 Å². The molecule has 0 unspecified atom stereocenters. The Kier molecular flexibility index (Phi) is 2.97. The van der Waals surface area contributed by atoms with Gasteiger partial charge in [-0.1, -0.05) is 6.07 Å². The first-order valence-corrected chi connectivity index (χ1v) is 9.46. The summed E-state index contributed by atoms with van der Waals surface area (Å²) in [5, 5.41) is 9.03. The molecule has 1 aliphatic rings. The van der Waals surface area contributed by atoms with Crippen LogP contribution in [0.5, 0.6) is 0 Å². The van der Waals surface area contributed by atoms with Gasteiger partial charge in [0.1, 0.15) is 5.82 Å². The number of benzene rings is 1. The first-order chi connectivity index (χ1) is 18.9. The van der Waals surface area contributed by atoms with Gasteiger partial charge in [0, 0.05) is 56.5 Å². The first-order valence-electron chi connectivity index (χ1n) is 14.5. The number of hydrogen-bond donors (Lipinski definition) is 0. The van der Waals surface area contributed by atoms with Crippen molar-refractivity contribution in [1.82, 2.24) is 24.7 Å². The van der Waals surface area contributed by atoms with Crippen molar-refractivity contribution in [3.63, 3.8) is 0 Å². The van der Waals surface area contributed by atoms with E-state index < -0.39 is 43.7 Å². The number of imidazole rings is 1. The molecule has 31 heavy (non-hydrogen) atoms. The van der Waals surface area contributed by atoms with Gasteiger partial charge >= 0.3 is 0 Å². The molecule has 0 radical (unpaired) electrons. The molecule has 3 aromatic heterocycles. The molecule has 0 aliphatic carbocycles. The average molecular weight is 423 g/mol. The topological polar surface area (TPSA) is 76.8 Å². The Morgan fingerprint density at radius 3 is 2.77 bits per heavy atom. The number of hydrogen-bond acceptors (Lipinski definition) is 6. The van der Waals surface area contributed by atoms with E-state index in [0.717, 1.165) is 28.9 Å². The van der Waals surface area contributed by atoms with Crippen LogP contribution in [0.3, 0.4) is 0 Å². The number of ketones is 1. The van der Waals surface area contributed by atoms with Crippen LogP contribution >= 0.6 is 0 Å². The number of Topliss-reactive ketones (excluding diaryl/α,β-unsaturated/α-hetero) is 1. The Morgan fingerprint density at radius 2 is 1.97 bits per heavy atom. The van der Waals surface area contributed by atoms with Gasteiger partial charge in [-0.3, -0.25) is 4.79 Å². The summed E-state index contributed by atoms with van der Waals surface area (Å²) in [6, 6.07) is 9.60. The molecule has 4 heterocycles. The zero-order chi connectivity index (χ0) is 30.2. The zero-order valence-corrected chi connectivity index (χ0v) is 16.5. The van der Waals surface area contributed by atoms with Crippen molar-refractivity contribution in [2.75, 3.05) is 17.9 Å². The number of carbonyl (C=O) groups is 1. The summed E-state index contributed by atoms with van der Waals surface area (Å²) in [5.74, 6) is -1.08. The van der Waals surface area contributed by atoms with Crippen LogP contribution in [-0.2, 0) is 13.5 Å². The summed E-state index contributed by atoms with van der Waals surface area (Å²) in [6.07, 6.45) is -6.31. The molecule has 0 saturated carbocycles. The molecule has 0 spiro atoms. The van der Waals surface area contributed by atoms with Crippen molar-refractivity contribution in [1.29, 1.82) is 0 Å². The smallest absolute Gasteiger partial charge is 0.169 e. The molecule has 0 amide bonds. The third kappa shape index (κ3) is 4.03. The molecule has 1 fully saturated rings. The highest BCUT2D eigenvalue weighted by Gasteiger charge is 2.15. The van der Waals surface area contributed by atoms with Crippen LogP contribution in [0.1, 0.15) is 48.9 Å². The van der Waals surface area contributed by atoms with E-state index in [1.807, 2.05) is 23.7 Å². The minimum atomic E-state index is -3.55. The van der Waals surface area contributed by atoms with Gasteiger partial charge in [-0.05, 0) is 49.5 Å². The number of aromatic nitrogens is 5. The number of anilines is 1. The number of rotatable bonds is 5. The summed E-state index contributed by atoms with van der Waals surface area (Å²) in [4.78, 5) is 21.4. The molecule has 0 atom stereocenters. The maximum Gasteiger partial charge on any atom is 0.169 e. The average Bonchev–Trinajstić information content (AvgIpc) is 3.33. The van der Waals surface area contributed by atoms with Crippen molar-refractivity contribution in [2.45, 2.75) is 25.5 Å². The molecule has 5 rings (SSSR count). The Balaban J connectivity index is 1.48. The lowest BCUT2D eigenvalue weighted by molar-refractivity contribution is 0.0991. The van der Waals surface area contributed by atoms with E-state index in [-0.39, 0.29) is 16.9 Å².